The number of nitrogens with zero attached hydrogens (tertiary/aromatic N) is 1. The number of carboxylic acid groups (broad SMARTS) is 3. The molecule has 0 fully saturated rings. The van der Waals surface area contributed by atoms with Crippen molar-refractivity contribution < 1.29 is 39.3 Å². The van der Waals surface area contributed by atoms with E-state index in [0.29, 0.717) is 6.42 Å². The SMILES string of the molecule is C[N+](C)(C)CCCC(=O)[O-].O=C(O)CCCC(O)C(=O)O. The third kappa shape index (κ3) is 20.8. The highest BCUT2D eigenvalue weighted by molar-refractivity contribution is 5.72. The van der Waals surface area contributed by atoms with Crippen LogP contribution >= 0.6 is 0 Å². The Labute approximate surface area is 124 Å². The van der Waals surface area contributed by atoms with Crippen molar-refractivity contribution in [2.24, 2.45) is 0 Å². The summed E-state index contributed by atoms with van der Waals surface area (Å²) in [6, 6.07) is 0. The monoisotopic (exact) mass is 307 g/mol. The highest BCUT2D eigenvalue weighted by Crippen LogP contribution is 2.00. The Morgan fingerprint density at radius 1 is 1.05 bits per heavy atom. The van der Waals surface area contributed by atoms with E-state index >= 15 is 0 Å². The van der Waals surface area contributed by atoms with E-state index in [9.17, 15) is 19.5 Å². The van der Waals surface area contributed by atoms with E-state index in [0.717, 1.165) is 11.0 Å². The van der Waals surface area contributed by atoms with E-state index in [-0.39, 0.29) is 25.7 Å². The van der Waals surface area contributed by atoms with Gasteiger partial charge in [-0.2, -0.15) is 0 Å². The van der Waals surface area contributed by atoms with Crippen LogP contribution < -0.4 is 5.11 Å². The van der Waals surface area contributed by atoms with Gasteiger partial charge in [-0.05, 0) is 19.3 Å². The maximum absolute atomic E-state index is 9.98. The van der Waals surface area contributed by atoms with Crippen LogP contribution in [0.15, 0.2) is 0 Å². The number of carbonyl (C=O) groups excluding carboxylic acids is 1. The summed E-state index contributed by atoms with van der Waals surface area (Å²) in [4.78, 5) is 29.9. The van der Waals surface area contributed by atoms with Crippen molar-refractivity contribution in [3.05, 3.63) is 0 Å². The van der Waals surface area contributed by atoms with Crippen molar-refractivity contribution in [3.63, 3.8) is 0 Å². The molecule has 3 N–H and O–H groups in total. The Bertz CT molecular complexity index is 336. The van der Waals surface area contributed by atoms with Crippen LogP contribution in [-0.4, -0.2) is 71.5 Å². The quantitative estimate of drug-likeness (QED) is 0.460. The fourth-order valence-electron chi connectivity index (χ4n) is 1.27. The molecule has 1 unspecified atom stereocenters. The van der Waals surface area contributed by atoms with E-state index in [1.807, 2.05) is 21.1 Å². The molecule has 21 heavy (non-hydrogen) atoms. The first kappa shape index (κ1) is 21.6. The minimum absolute atomic E-state index is 0.0123. The number of carboxylic acids is 3. The molecule has 0 rings (SSSR count). The van der Waals surface area contributed by atoms with Gasteiger partial charge in [-0.15, -0.1) is 0 Å². The molecule has 0 amide bonds. The Kier molecular flexibility index (Phi) is 11.4. The second kappa shape index (κ2) is 11.0. The van der Waals surface area contributed by atoms with Gasteiger partial charge in [0, 0.05) is 18.8 Å². The molecule has 0 saturated carbocycles. The number of quaternary nitrogens is 1. The average molecular weight is 307 g/mol. The predicted molar refractivity (Wildman–Crippen MR) is 72.3 cm³/mol. The van der Waals surface area contributed by atoms with Crippen molar-refractivity contribution in [2.75, 3.05) is 27.7 Å². The summed E-state index contributed by atoms with van der Waals surface area (Å²) in [6.07, 6.45) is -0.495. The fraction of sp³-hybridized carbons (Fsp3) is 0.769. The van der Waals surface area contributed by atoms with Gasteiger partial charge in [0.15, 0.2) is 6.10 Å². The molecule has 0 aliphatic heterocycles. The molecule has 0 saturated heterocycles. The van der Waals surface area contributed by atoms with Gasteiger partial charge in [0.05, 0.1) is 27.7 Å². The molecule has 1 atom stereocenters. The Balaban J connectivity index is 0. The average Bonchev–Trinajstić information content (AvgIpc) is 2.26. The Morgan fingerprint density at radius 2 is 1.57 bits per heavy atom. The highest BCUT2D eigenvalue weighted by Gasteiger charge is 2.12. The summed E-state index contributed by atoms with van der Waals surface area (Å²) in [5.41, 5.74) is 0. The predicted octanol–water partition coefficient (Wildman–Crippen LogP) is -1.09. The highest BCUT2D eigenvalue weighted by atomic mass is 16.4. The minimum Gasteiger partial charge on any atom is -0.550 e. The molecule has 0 heterocycles. The zero-order valence-electron chi connectivity index (χ0n) is 12.7. The number of aliphatic hydroxyl groups is 1. The molecule has 0 aliphatic rings. The van der Waals surface area contributed by atoms with E-state index in [1.54, 1.807) is 0 Å². The molecule has 0 radical (unpaired) electrons. The molecule has 0 aromatic rings. The first-order chi connectivity index (χ1) is 9.45. The Morgan fingerprint density at radius 3 is 1.90 bits per heavy atom. The van der Waals surface area contributed by atoms with E-state index in [1.165, 1.54) is 0 Å². The fourth-order valence-corrected chi connectivity index (χ4v) is 1.27. The Hall–Kier alpha value is -1.67. The normalized spacial score (nSPS) is 12.0. The number of hydrogen-bond acceptors (Lipinski definition) is 5. The van der Waals surface area contributed by atoms with Gasteiger partial charge in [0.25, 0.3) is 0 Å². The number of carbonyl (C=O) groups is 3. The molecule has 8 nitrogen and oxygen atoms in total. The largest absolute Gasteiger partial charge is 0.550 e. The number of aliphatic carboxylic acids is 3. The molecule has 8 heteroatoms. The molecule has 0 aromatic carbocycles. The molecule has 0 bridgehead atoms. The smallest absolute Gasteiger partial charge is 0.332 e. The van der Waals surface area contributed by atoms with Crippen LogP contribution in [0.3, 0.4) is 0 Å². The standard InChI is InChI=1S/C7H15NO2.C6H10O5/c1-8(2,3)6-4-5-7(9)10;7-4(6(10)11)2-1-3-5(8)9/h4-6H2,1-3H3;4,7H,1-3H2,(H,8,9)(H,10,11). The lowest BCUT2D eigenvalue weighted by Crippen LogP contribution is -2.36. The van der Waals surface area contributed by atoms with Crippen LogP contribution in [0.2, 0.25) is 0 Å². The zero-order valence-corrected chi connectivity index (χ0v) is 12.7. The zero-order chi connectivity index (χ0) is 17.1. The van der Waals surface area contributed by atoms with Crippen molar-refractivity contribution in [2.45, 2.75) is 38.2 Å². The van der Waals surface area contributed by atoms with Crippen molar-refractivity contribution in [1.29, 1.82) is 0 Å². The summed E-state index contributed by atoms with van der Waals surface area (Å²) in [5, 5.41) is 34.9. The van der Waals surface area contributed by atoms with Gasteiger partial charge in [-0.3, -0.25) is 4.79 Å². The van der Waals surface area contributed by atoms with Crippen LogP contribution in [0, 0.1) is 0 Å². The second-order valence-corrected chi connectivity index (χ2v) is 5.63. The van der Waals surface area contributed by atoms with Gasteiger partial charge >= 0.3 is 11.9 Å². The molecule has 124 valence electrons. The van der Waals surface area contributed by atoms with Crippen LogP contribution in [-0.2, 0) is 14.4 Å². The summed E-state index contributed by atoms with van der Waals surface area (Å²) >= 11 is 0. The first-order valence-corrected chi connectivity index (χ1v) is 6.58. The van der Waals surface area contributed by atoms with E-state index in [4.69, 9.17) is 15.3 Å². The number of aliphatic hydroxyl groups excluding tert-OH is 1. The van der Waals surface area contributed by atoms with Gasteiger partial charge < -0.3 is 29.7 Å². The molecular formula is C13H25NO7. The lowest BCUT2D eigenvalue weighted by molar-refractivity contribution is -0.870. The number of hydrogen-bond donors (Lipinski definition) is 3. The van der Waals surface area contributed by atoms with Gasteiger partial charge in [-0.1, -0.05) is 0 Å². The van der Waals surface area contributed by atoms with E-state index in [2.05, 4.69) is 0 Å². The van der Waals surface area contributed by atoms with Crippen molar-refractivity contribution in [3.8, 4) is 0 Å². The van der Waals surface area contributed by atoms with Gasteiger partial charge in [-0.25, -0.2) is 4.79 Å². The van der Waals surface area contributed by atoms with Crippen molar-refractivity contribution in [1.82, 2.24) is 0 Å². The topological polar surface area (TPSA) is 135 Å². The van der Waals surface area contributed by atoms with Crippen LogP contribution in [0.25, 0.3) is 0 Å². The van der Waals surface area contributed by atoms with Crippen LogP contribution in [0.4, 0.5) is 0 Å². The maximum atomic E-state index is 9.98. The molecule has 0 aliphatic carbocycles. The minimum atomic E-state index is -1.44. The van der Waals surface area contributed by atoms with Gasteiger partial charge in [0.2, 0.25) is 0 Å². The third-order valence-electron chi connectivity index (χ3n) is 2.36. The lowest BCUT2D eigenvalue weighted by atomic mass is 10.1. The van der Waals surface area contributed by atoms with E-state index < -0.39 is 24.0 Å². The molecule has 0 aromatic heterocycles. The maximum Gasteiger partial charge on any atom is 0.332 e. The molecular weight excluding hydrogens is 282 g/mol. The van der Waals surface area contributed by atoms with Crippen LogP contribution in [0.5, 0.6) is 0 Å². The third-order valence-corrected chi connectivity index (χ3v) is 2.36. The van der Waals surface area contributed by atoms with Gasteiger partial charge in [0.1, 0.15) is 0 Å². The second-order valence-electron chi connectivity index (χ2n) is 5.63. The van der Waals surface area contributed by atoms with Crippen LogP contribution in [0.1, 0.15) is 32.1 Å². The summed E-state index contributed by atoms with van der Waals surface area (Å²) < 4.78 is 0.813. The lowest BCUT2D eigenvalue weighted by Gasteiger charge is -2.23. The molecule has 0 spiro atoms. The van der Waals surface area contributed by atoms with Crippen molar-refractivity contribution >= 4 is 17.9 Å². The number of rotatable bonds is 9. The summed E-state index contributed by atoms with van der Waals surface area (Å²) in [7, 11) is 6.11. The first-order valence-electron chi connectivity index (χ1n) is 6.58. The summed E-state index contributed by atoms with van der Waals surface area (Å²) in [5.74, 6) is -3.24. The summed E-state index contributed by atoms with van der Waals surface area (Å²) in [6.45, 7) is 0.883.